The van der Waals surface area contributed by atoms with Crippen LogP contribution in [0.2, 0.25) is 0 Å². The summed E-state index contributed by atoms with van der Waals surface area (Å²) in [7, 11) is 0. The predicted molar refractivity (Wildman–Crippen MR) is 93.6 cm³/mol. The van der Waals surface area contributed by atoms with Crippen molar-refractivity contribution < 1.29 is 19.1 Å². The molecule has 0 spiro atoms. The van der Waals surface area contributed by atoms with Crippen molar-refractivity contribution in [3.05, 3.63) is 23.3 Å². The first kappa shape index (κ1) is 18.9. The molecule has 0 aliphatic carbocycles. The molecular formula is C20H30O4. The number of fused-ring (bicyclic) bond motifs is 2. The average molecular weight is 334 g/mol. The van der Waals surface area contributed by atoms with E-state index in [0.29, 0.717) is 6.61 Å². The van der Waals surface area contributed by atoms with Gasteiger partial charge >= 0.3 is 5.97 Å². The van der Waals surface area contributed by atoms with Crippen LogP contribution in [0.3, 0.4) is 0 Å². The second-order valence-corrected chi connectivity index (χ2v) is 7.67. The monoisotopic (exact) mass is 334 g/mol. The molecule has 4 heteroatoms. The van der Waals surface area contributed by atoms with E-state index in [2.05, 4.69) is 19.1 Å². The first-order valence-electron chi connectivity index (χ1n) is 8.91. The van der Waals surface area contributed by atoms with Gasteiger partial charge in [0.1, 0.15) is 5.78 Å². The third kappa shape index (κ3) is 4.15. The Kier molecular flexibility index (Phi) is 6.02. The number of carbonyl (C=O) groups is 2. The second kappa shape index (κ2) is 7.64. The van der Waals surface area contributed by atoms with Gasteiger partial charge in [-0.3, -0.25) is 9.59 Å². The van der Waals surface area contributed by atoms with E-state index in [1.807, 2.05) is 27.7 Å². The van der Waals surface area contributed by atoms with Gasteiger partial charge in [-0.05, 0) is 38.7 Å². The van der Waals surface area contributed by atoms with E-state index in [4.69, 9.17) is 9.47 Å². The maximum atomic E-state index is 12.8. The van der Waals surface area contributed by atoms with Gasteiger partial charge in [-0.25, -0.2) is 0 Å². The Morgan fingerprint density at radius 2 is 1.83 bits per heavy atom. The van der Waals surface area contributed by atoms with E-state index in [-0.39, 0.29) is 30.2 Å². The largest absolute Gasteiger partial charge is 0.465 e. The van der Waals surface area contributed by atoms with Crippen molar-refractivity contribution in [2.45, 2.75) is 72.5 Å². The fourth-order valence-corrected chi connectivity index (χ4v) is 3.59. The summed E-state index contributed by atoms with van der Waals surface area (Å²) in [5.74, 6) is -0.334. The molecule has 2 aliphatic heterocycles. The lowest BCUT2D eigenvalue weighted by atomic mass is 9.71. The van der Waals surface area contributed by atoms with Crippen LogP contribution in [0, 0.1) is 11.3 Å². The molecule has 0 aromatic carbocycles. The molecule has 0 aromatic rings. The summed E-state index contributed by atoms with van der Waals surface area (Å²) in [6.07, 6.45) is 6.36. The third-order valence-electron chi connectivity index (χ3n) is 5.30. The van der Waals surface area contributed by atoms with E-state index in [1.165, 1.54) is 5.57 Å². The standard InChI is InChI=1S/C20H30O4/c1-13-8-6-10-14(2)18-15(3)19(22)20(4,5)16(24-18)12-17(21)23-11-7-9-13/h9-10,15-16,18H,6-8,11-12H2,1-5H3. The number of ketones is 1. The number of cyclic esters (lactones) is 1. The highest BCUT2D eigenvalue weighted by Gasteiger charge is 2.49. The van der Waals surface area contributed by atoms with Crippen molar-refractivity contribution >= 4 is 11.8 Å². The van der Waals surface area contributed by atoms with Crippen molar-refractivity contribution in [1.29, 1.82) is 0 Å². The van der Waals surface area contributed by atoms with Gasteiger partial charge in [-0.1, -0.05) is 38.5 Å². The Bertz CT molecular complexity index is 556. The minimum Gasteiger partial charge on any atom is -0.465 e. The normalized spacial score (nSPS) is 32.3. The highest BCUT2D eigenvalue weighted by atomic mass is 16.5. The van der Waals surface area contributed by atoms with Crippen molar-refractivity contribution in [1.82, 2.24) is 0 Å². The molecule has 2 bridgehead atoms. The summed E-state index contributed by atoms with van der Waals surface area (Å²) in [5.41, 5.74) is 1.69. The summed E-state index contributed by atoms with van der Waals surface area (Å²) in [6, 6.07) is 0. The van der Waals surface area contributed by atoms with Crippen LogP contribution in [-0.4, -0.2) is 30.6 Å². The van der Waals surface area contributed by atoms with E-state index in [0.717, 1.165) is 24.8 Å². The molecule has 1 saturated heterocycles. The van der Waals surface area contributed by atoms with Gasteiger partial charge in [0.15, 0.2) is 0 Å². The molecule has 24 heavy (non-hydrogen) atoms. The molecule has 0 aromatic heterocycles. The molecule has 0 radical (unpaired) electrons. The summed E-state index contributed by atoms with van der Waals surface area (Å²) in [4.78, 5) is 25.0. The van der Waals surface area contributed by atoms with Crippen LogP contribution in [0.1, 0.15) is 60.3 Å². The number of allylic oxidation sites excluding steroid dienone is 2. The zero-order valence-corrected chi connectivity index (χ0v) is 15.6. The van der Waals surface area contributed by atoms with Crippen LogP contribution in [0.5, 0.6) is 0 Å². The third-order valence-corrected chi connectivity index (χ3v) is 5.30. The van der Waals surface area contributed by atoms with Gasteiger partial charge in [0.25, 0.3) is 0 Å². The van der Waals surface area contributed by atoms with Crippen LogP contribution in [0.15, 0.2) is 23.3 Å². The van der Waals surface area contributed by atoms with Gasteiger partial charge in [0.05, 0.1) is 30.7 Å². The predicted octanol–water partition coefficient (Wildman–Crippen LogP) is 4.00. The highest BCUT2D eigenvalue weighted by Crippen LogP contribution is 2.40. The number of esters is 1. The number of hydrogen-bond acceptors (Lipinski definition) is 4. The molecule has 3 atom stereocenters. The molecule has 4 nitrogen and oxygen atoms in total. The lowest BCUT2D eigenvalue weighted by Gasteiger charge is -2.44. The first-order valence-corrected chi connectivity index (χ1v) is 8.91. The van der Waals surface area contributed by atoms with Crippen molar-refractivity contribution in [3.63, 3.8) is 0 Å². The van der Waals surface area contributed by atoms with E-state index < -0.39 is 11.5 Å². The van der Waals surface area contributed by atoms with Crippen LogP contribution in [0.4, 0.5) is 0 Å². The number of Topliss-reactive ketones (excluding diaryl/α,β-unsaturated/α-hetero) is 1. The van der Waals surface area contributed by atoms with Gasteiger partial charge < -0.3 is 9.47 Å². The Morgan fingerprint density at radius 3 is 2.54 bits per heavy atom. The lowest BCUT2D eigenvalue weighted by Crippen LogP contribution is -2.53. The Balaban J connectivity index is 2.29. The topological polar surface area (TPSA) is 52.6 Å². The number of carbonyl (C=O) groups excluding carboxylic acids is 2. The summed E-state index contributed by atoms with van der Waals surface area (Å²) in [6.45, 7) is 10.2. The number of rotatable bonds is 0. The zero-order valence-electron chi connectivity index (χ0n) is 15.6. The number of ether oxygens (including phenoxy) is 2. The van der Waals surface area contributed by atoms with E-state index >= 15 is 0 Å². The van der Waals surface area contributed by atoms with Crippen LogP contribution in [-0.2, 0) is 19.1 Å². The maximum Gasteiger partial charge on any atom is 0.308 e. The lowest BCUT2D eigenvalue weighted by molar-refractivity contribution is -0.172. The SMILES string of the molecule is CC1=CCCOC(=O)CC2OC(C(C)=CCC1)C(C)C(=O)C2(C)C. The van der Waals surface area contributed by atoms with Crippen molar-refractivity contribution in [2.75, 3.05) is 6.61 Å². The Hall–Kier alpha value is -1.42. The smallest absolute Gasteiger partial charge is 0.308 e. The van der Waals surface area contributed by atoms with E-state index in [9.17, 15) is 9.59 Å². The first-order chi connectivity index (χ1) is 11.2. The minimum atomic E-state index is -0.678. The molecule has 0 amide bonds. The molecule has 2 rings (SSSR count). The Morgan fingerprint density at radius 1 is 1.12 bits per heavy atom. The molecular weight excluding hydrogens is 304 g/mol. The molecule has 0 saturated carbocycles. The summed E-state index contributed by atoms with van der Waals surface area (Å²) >= 11 is 0. The molecule has 1 fully saturated rings. The molecule has 0 N–H and O–H groups in total. The van der Waals surface area contributed by atoms with Crippen LogP contribution < -0.4 is 0 Å². The van der Waals surface area contributed by atoms with E-state index in [1.54, 1.807) is 0 Å². The molecule has 134 valence electrons. The van der Waals surface area contributed by atoms with Gasteiger partial charge in [-0.15, -0.1) is 0 Å². The fraction of sp³-hybridized carbons (Fsp3) is 0.700. The Labute approximate surface area is 145 Å². The second-order valence-electron chi connectivity index (χ2n) is 7.67. The minimum absolute atomic E-state index is 0.123. The maximum absolute atomic E-state index is 12.8. The average Bonchev–Trinajstić information content (AvgIpc) is 2.51. The number of hydrogen-bond donors (Lipinski definition) is 0. The quantitative estimate of drug-likeness (QED) is 0.496. The summed E-state index contributed by atoms with van der Waals surface area (Å²) < 4.78 is 11.6. The fourth-order valence-electron chi connectivity index (χ4n) is 3.59. The molecule has 2 aliphatic rings. The molecule has 3 unspecified atom stereocenters. The van der Waals surface area contributed by atoms with Gasteiger partial charge in [0.2, 0.25) is 0 Å². The van der Waals surface area contributed by atoms with Crippen molar-refractivity contribution in [3.8, 4) is 0 Å². The zero-order chi connectivity index (χ0) is 17.9. The highest BCUT2D eigenvalue weighted by molar-refractivity contribution is 5.89. The summed E-state index contributed by atoms with van der Waals surface area (Å²) in [5, 5.41) is 0. The van der Waals surface area contributed by atoms with Gasteiger partial charge in [0, 0.05) is 5.92 Å². The van der Waals surface area contributed by atoms with Crippen LogP contribution in [0.25, 0.3) is 0 Å². The molecule has 2 heterocycles. The van der Waals surface area contributed by atoms with Gasteiger partial charge in [-0.2, -0.15) is 0 Å². The van der Waals surface area contributed by atoms with Crippen LogP contribution >= 0.6 is 0 Å². The van der Waals surface area contributed by atoms with Crippen molar-refractivity contribution in [2.24, 2.45) is 11.3 Å².